The number of rotatable bonds is 5. The lowest BCUT2D eigenvalue weighted by Crippen LogP contribution is -1.86. The molecule has 164 valence electrons. The van der Waals surface area contributed by atoms with Crippen LogP contribution >= 0.6 is 34.9 Å². The van der Waals surface area contributed by atoms with Crippen LogP contribution in [0, 0.1) is 35.3 Å². The van der Waals surface area contributed by atoms with Crippen LogP contribution in [0.25, 0.3) is 20.2 Å². The topological polar surface area (TPSA) is 12.4 Å². The minimum Gasteiger partial charge on any atom is -0.204 e. The van der Waals surface area contributed by atoms with Gasteiger partial charge in [-0.05, 0) is 65.8 Å². The Morgan fingerprint density at radius 1 is 0.818 bits per heavy atom. The number of thiophene rings is 2. The van der Waals surface area contributed by atoms with E-state index in [2.05, 4.69) is 66.0 Å². The van der Waals surface area contributed by atoms with Crippen molar-refractivity contribution in [3.8, 4) is 23.7 Å². The van der Waals surface area contributed by atoms with Gasteiger partial charge in [-0.2, -0.15) is 4.99 Å². The van der Waals surface area contributed by atoms with Crippen LogP contribution in [0.3, 0.4) is 0 Å². The average molecular weight is 492 g/mol. The van der Waals surface area contributed by atoms with E-state index in [1.54, 1.807) is 22.7 Å². The molecule has 6 heteroatoms. The second-order valence-electron chi connectivity index (χ2n) is 7.50. The number of aliphatic imine (C=N–C) groups is 1. The number of unbranched alkanes of at least 4 members (excludes halogenated alkanes) is 4. The molecule has 0 aliphatic carbocycles. The number of isothiocyanates is 1. The predicted molar refractivity (Wildman–Crippen MR) is 140 cm³/mol. The Labute approximate surface area is 205 Å². The van der Waals surface area contributed by atoms with Crippen LogP contribution in [0.15, 0.2) is 41.4 Å². The first-order valence-corrected chi connectivity index (χ1v) is 12.7. The van der Waals surface area contributed by atoms with Crippen LogP contribution in [-0.2, 0) is 0 Å². The zero-order valence-corrected chi connectivity index (χ0v) is 20.4. The fraction of sp³-hybridized carbons (Fsp3) is 0.222. The lowest BCUT2D eigenvalue weighted by molar-refractivity contribution is 0.587. The van der Waals surface area contributed by atoms with E-state index < -0.39 is 17.3 Å². The molecule has 0 amide bonds. The Hall–Kier alpha value is -2.86. The van der Waals surface area contributed by atoms with E-state index in [1.165, 1.54) is 29.3 Å². The van der Waals surface area contributed by atoms with Crippen LogP contribution in [0.5, 0.6) is 0 Å². The zero-order valence-electron chi connectivity index (χ0n) is 17.9. The minimum absolute atomic E-state index is 0.240. The minimum atomic E-state index is -0.812. The number of halogens is 2. The average Bonchev–Trinajstić information content (AvgIpc) is 3.37. The summed E-state index contributed by atoms with van der Waals surface area (Å²) in [7, 11) is 0. The second-order valence-corrected chi connectivity index (χ2v) is 9.85. The van der Waals surface area contributed by atoms with Crippen molar-refractivity contribution in [2.24, 2.45) is 4.99 Å². The number of hydrogen-bond acceptors (Lipinski definition) is 4. The highest BCUT2D eigenvalue weighted by Crippen LogP contribution is 2.34. The number of nitrogens with zero attached hydrogens (tertiary/aromatic N) is 1. The normalized spacial score (nSPS) is 10.4. The Morgan fingerprint density at radius 3 is 2.06 bits per heavy atom. The standard InChI is InChI=1S/C27H19F2NS3/c1-2-3-4-5-6-7-8-21-13-19-15-26-20(16-25(19)32-21)14-22(33-26)10-9-18-11-23(28)27(30-17-31)24(29)12-18/h11-16H,2-6H2,1H3. The van der Waals surface area contributed by atoms with Crippen LogP contribution in [0.4, 0.5) is 14.5 Å². The summed E-state index contributed by atoms with van der Waals surface area (Å²) in [6.45, 7) is 2.21. The Bertz CT molecular complexity index is 1420. The maximum absolute atomic E-state index is 14.0. The van der Waals surface area contributed by atoms with Crippen LogP contribution in [0.1, 0.15) is 54.3 Å². The fourth-order valence-electron chi connectivity index (χ4n) is 3.41. The van der Waals surface area contributed by atoms with Crippen LogP contribution < -0.4 is 0 Å². The first kappa shape index (κ1) is 23.3. The molecule has 0 fully saturated rings. The van der Waals surface area contributed by atoms with Crippen molar-refractivity contribution >= 4 is 65.9 Å². The van der Waals surface area contributed by atoms with Gasteiger partial charge in [0.2, 0.25) is 0 Å². The molecule has 2 aromatic carbocycles. The van der Waals surface area contributed by atoms with Gasteiger partial charge in [-0.25, -0.2) is 8.78 Å². The van der Waals surface area contributed by atoms with E-state index in [9.17, 15) is 8.78 Å². The number of hydrogen-bond donors (Lipinski definition) is 0. The summed E-state index contributed by atoms with van der Waals surface area (Å²) < 4.78 is 30.3. The number of fused-ring (bicyclic) bond motifs is 2. The summed E-state index contributed by atoms with van der Waals surface area (Å²) in [5, 5.41) is 4.25. The quantitative estimate of drug-likeness (QED) is 0.118. The lowest BCUT2D eigenvalue weighted by atomic mass is 10.1. The molecular weight excluding hydrogens is 473 g/mol. The van der Waals surface area contributed by atoms with E-state index >= 15 is 0 Å². The molecular formula is C27H19F2NS3. The van der Waals surface area contributed by atoms with Crippen molar-refractivity contribution in [2.75, 3.05) is 0 Å². The van der Waals surface area contributed by atoms with Gasteiger partial charge in [0.1, 0.15) is 5.69 Å². The van der Waals surface area contributed by atoms with Gasteiger partial charge in [0, 0.05) is 21.4 Å². The molecule has 0 unspecified atom stereocenters. The second kappa shape index (κ2) is 10.8. The zero-order chi connectivity index (χ0) is 23.2. The Morgan fingerprint density at radius 2 is 1.45 bits per heavy atom. The summed E-state index contributed by atoms with van der Waals surface area (Å²) >= 11 is 7.67. The van der Waals surface area contributed by atoms with Crippen LogP contribution in [-0.4, -0.2) is 5.16 Å². The highest BCUT2D eigenvalue weighted by Gasteiger charge is 2.10. The van der Waals surface area contributed by atoms with Crippen molar-refractivity contribution in [1.29, 1.82) is 0 Å². The monoisotopic (exact) mass is 491 g/mol. The Kier molecular flexibility index (Phi) is 7.65. The lowest BCUT2D eigenvalue weighted by Gasteiger charge is -1.98. The van der Waals surface area contributed by atoms with Crippen molar-refractivity contribution in [3.63, 3.8) is 0 Å². The maximum Gasteiger partial charge on any atom is 0.153 e. The van der Waals surface area contributed by atoms with E-state index in [1.807, 2.05) is 11.2 Å². The molecule has 2 aromatic heterocycles. The molecule has 0 aliphatic heterocycles. The molecule has 0 radical (unpaired) electrons. The van der Waals surface area contributed by atoms with Crippen molar-refractivity contribution in [2.45, 2.75) is 39.0 Å². The van der Waals surface area contributed by atoms with Crippen molar-refractivity contribution < 1.29 is 8.78 Å². The van der Waals surface area contributed by atoms with Gasteiger partial charge < -0.3 is 0 Å². The smallest absolute Gasteiger partial charge is 0.153 e. The van der Waals surface area contributed by atoms with Gasteiger partial charge >= 0.3 is 0 Å². The predicted octanol–water partition coefficient (Wildman–Crippen LogP) is 8.85. The molecule has 0 saturated carbocycles. The summed E-state index contributed by atoms with van der Waals surface area (Å²) in [6.07, 6.45) is 5.87. The van der Waals surface area contributed by atoms with Gasteiger partial charge in [0.05, 0.1) is 14.9 Å². The van der Waals surface area contributed by atoms with Gasteiger partial charge in [-0.1, -0.05) is 49.9 Å². The van der Waals surface area contributed by atoms with Crippen molar-refractivity contribution in [3.05, 3.63) is 63.4 Å². The van der Waals surface area contributed by atoms with Gasteiger partial charge in [-0.15, -0.1) is 22.7 Å². The third-order valence-corrected chi connectivity index (χ3v) is 7.14. The summed E-state index contributed by atoms with van der Waals surface area (Å²) in [4.78, 5) is 5.33. The number of benzene rings is 2. The van der Waals surface area contributed by atoms with E-state index in [0.717, 1.165) is 44.8 Å². The molecule has 33 heavy (non-hydrogen) atoms. The molecule has 4 rings (SSSR count). The SMILES string of the molecule is CCCCCCC#Cc1cc2cc3sc(C#Cc4cc(F)c(N=C=S)c(F)c4)cc3cc2s1. The highest BCUT2D eigenvalue weighted by atomic mass is 32.1. The molecule has 0 bridgehead atoms. The largest absolute Gasteiger partial charge is 0.204 e. The third-order valence-electron chi connectivity index (χ3n) is 5.03. The van der Waals surface area contributed by atoms with Crippen LogP contribution in [0.2, 0.25) is 0 Å². The molecule has 1 nitrogen and oxygen atoms in total. The van der Waals surface area contributed by atoms with Crippen molar-refractivity contribution in [1.82, 2.24) is 0 Å². The third kappa shape index (κ3) is 5.74. The van der Waals surface area contributed by atoms with E-state index in [4.69, 9.17) is 0 Å². The summed E-state index contributed by atoms with van der Waals surface area (Å²) in [5.41, 5.74) is -0.206. The molecule has 4 aromatic rings. The molecule has 0 aliphatic rings. The molecule has 0 atom stereocenters. The van der Waals surface area contributed by atoms with Gasteiger partial charge in [-0.3, -0.25) is 0 Å². The molecule has 0 N–H and O–H groups in total. The fourth-order valence-corrected chi connectivity index (χ4v) is 5.41. The number of thiocarbonyl (C=S) groups is 1. The maximum atomic E-state index is 14.0. The first-order chi connectivity index (χ1) is 16.1. The van der Waals surface area contributed by atoms with E-state index in [-0.39, 0.29) is 5.56 Å². The molecule has 0 saturated heterocycles. The summed E-state index contributed by atoms with van der Waals surface area (Å²) in [5.74, 6) is 10.8. The summed E-state index contributed by atoms with van der Waals surface area (Å²) in [6, 6.07) is 10.7. The molecule has 2 heterocycles. The highest BCUT2D eigenvalue weighted by molar-refractivity contribution is 7.78. The molecule has 0 spiro atoms. The first-order valence-electron chi connectivity index (χ1n) is 10.6. The Balaban J connectivity index is 1.54. The van der Waals surface area contributed by atoms with E-state index in [0.29, 0.717) is 0 Å². The van der Waals surface area contributed by atoms with Gasteiger partial charge in [0.15, 0.2) is 11.6 Å². The van der Waals surface area contributed by atoms with Gasteiger partial charge in [0.25, 0.3) is 0 Å².